The molecule has 1 nitrogen and oxygen atoms in total. The van der Waals surface area contributed by atoms with E-state index < -0.39 is 0 Å². The number of hydrogen-bond acceptors (Lipinski definition) is 1. The van der Waals surface area contributed by atoms with Gasteiger partial charge >= 0.3 is 0 Å². The molecule has 1 aromatic carbocycles. The maximum absolute atomic E-state index is 3.65. The largest absolute Gasteiger partial charge is 0.314 e. The van der Waals surface area contributed by atoms with Crippen molar-refractivity contribution < 1.29 is 0 Å². The lowest BCUT2D eigenvalue weighted by Gasteiger charge is -2.24. The summed E-state index contributed by atoms with van der Waals surface area (Å²) in [4.78, 5) is 0. The normalized spacial score (nSPS) is 13.6. The minimum atomic E-state index is 0.426. The summed E-state index contributed by atoms with van der Waals surface area (Å²) in [6.07, 6.45) is 3.68. The van der Waals surface area contributed by atoms with Crippen molar-refractivity contribution in [2.75, 3.05) is 6.54 Å². The van der Waals surface area contributed by atoms with E-state index in [1.807, 2.05) is 0 Å². The van der Waals surface area contributed by atoms with Gasteiger partial charge in [0.1, 0.15) is 0 Å². The van der Waals surface area contributed by atoms with E-state index in [4.69, 9.17) is 0 Å². The molecule has 0 saturated heterocycles. The van der Waals surface area contributed by atoms with Crippen LogP contribution in [0.15, 0.2) is 18.2 Å². The molecular weight excluding hydrogens is 230 g/mol. The fourth-order valence-corrected chi connectivity index (χ4v) is 2.46. The number of aryl methyl sites for hydroxylation is 2. The summed E-state index contributed by atoms with van der Waals surface area (Å²) in [6, 6.07) is 7.40. The molecule has 0 spiro atoms. The van der Waals surface area contributed by atoms with E-state index >= 15 is 0 Å². The van der Waals surface area contributed by atoms with Gasteiger partial charge in [0.05, 0.1) is 0 Å². The highest BCUT2D eigenvalue weighted by Crippen LogP contribution is 2.23. The number of benzene rings is 1. The average molecular weight is 261 g/mol. The van der Waals surface area contributed by atoms with Crippen LogP contribution in [-0.4, -0.2) is 12.6 Å². The van der Waals surface area contributed by atoms with Gasteiger partial charge in [-0.15, -0.1) is 0 Å². The van der Waals surface area contributed by atoms with Crippen LogP contribution >= 0.6 is 0 Å². The first kappa shape index (κ1) is 16.2. The highest BCUT2D eigenvalue weighted by atomic mass is 14.9. The molecule has 19 heavy (non-hydrogen) atoms. The summed E-state index contributed by atoms with van der Waals surface area (Å²) in [5, 5.41) is 3.65. The predicted octanol–water partition coefficient (Wildman–Crippen LogP) is 4.65. The molecule has 0 saturated carbocycles. The summed E-state index contributed by atoms with van der Waals surface area (Å²) < 4.78 is 0. The van der Waals surface area contributed by atoms with Gasteiger partial charge in [0.2, 0.25) is 0 Å². The minimum absolute atomic E-state index is 0.426. The molecule has 0 heterocycles. The molecule has 1 atom stereocenters. The van der Waals surface area contributed by atoms with Crippen LogP contribution in [0.3, 0.4) is 0 Å². The Hall–Kier alpha value is -0.820. The van der Waals surface area contributed by atoms with Crippen LogP contribution in [0.25, 0.3) is 0 Å². The maximum Gasteiger partial charge on any atom is 0.0108 e. The number of hydrogen-bond donors (Lipinski definition) is 1. The Bertz CT molecular complexity index is 387. The zero-order valence-corrected chi connectivity index (χ0v) is 13.6. The molecule has 1 rings (SSSR count). The zero-order valence-electron chi connectivity index (χ0n) is 13.6. The Morgan fingerprint density at radius 3 is 2.42 bits per heavy atom. The third kappa shape index (κ3) is 6.24. The number of likely N-dealkylation sites (N-methyl/N-ethyl adjacent to an activating group) is 1. The lowest BCUT2D eigenvalue weighted by molar-refractivity contribution is 0.330. The Labute approximate surface area is 119 Å². The first-order valence-corrected chi connectivity index (χ1v) is 7.61. The van der Waals surface area contributed by atoms with Crippen LogP contribution in [0.5, 0.6) is 0 Å². The molecule has 0 aliphatic carbocycles. The van der Waals surface area contributed by atoms with Crippen molar-refractivity contribution in [2.45, 2.75) is 66.8 Å². The van der Waals surface area contributed by atoms with Crippen LogP contribution in [-0.2, 0) is 6.42 Å². The molecule has 0 amide bonds. The van der Waals surface area contributed by atoms with Crippen molar-refractivity contribution in [3.8, 4) is 0 Å². The van der Waals surface area contributed by atoms with E-state index in [-0.39, 0.29) is 0 Å². The van der Waals surface area contributed by atoms with Gasteiger partial charge in [0.15, 0.2) is 0 Å². The lowest BCUT2D eigenvalue weighted by Crippen LogP contribution is -2.32. The van der Waals surface area contributed by atoms with E-state index in [1.54, 1.807) is 0 Å². The SMILES string of the molecule is CCNC(CCC(C)(C)C)Cc1cc(C)ccc1C. The molecule has 1 unspecified atom stereocenters. The second-order valence-electron chi connectivity index (χ2n) is 6.99. The Kier molecular flexibility index (Phi) is 6.06. The molecule has 1 N–H and O–H groups in total. The van der Waals surface area contributed by atoms with Crippen LogP contribution < -0.4 is 5.32 Å². The Morgan fingerprint density at radius 2 is 1.84 bits per heavy atom. The van der Waals surface area contributed by atoms with Gasteiger partial charge in [0.25, 0.3) is 0 Å². The molecule has 0 aromatic heterocycles. The molecule has 0 aliphatic rings. The Balaban J connectivity index is 2.69. The van der Waals surface area contributed by atoms with Gasteiger partial charge < -0.3 is 5.32 Å². The van der Waals surface area contributed by atoms with E-state index in [2.05, 4.69) is 65.1 Å². The van der Waals surface area contributed by atoms with Crippen LogP contribution in [0.4, 0.5) is 0 Å². The lowest BCUT2D eigenvalue weighted by atomic mass is 9.87. The van der Waals surface area contributed by atoms with Crippen molar-refractivity contribution in [1.29, 1.82) is 0 Å². The quantitative estimate of drug-likeness (QED) is 0.786. The van der Waals surface area contributed by atoms with E-state index in [0.717, 1.165) is 13.0 Å². The smallest absolute Gasteiger partial charge is 0.0108 e. The summed E-state index contributed by atoms with van der Waals surface area (Å²) in [5.74, 6) is 0. The first-order valence-electron chi connectivity index (χ1n) is 7.61. The predicted molar refractivity (Wildman–Crippen MR) is 85.8 cm³/mol. The minimum Gasteiger partial charge on any atom is -0.314 e. The van der Waals surface area contributed by atoms with Crippen LogP contribution in [0.1, 0.15) is 57.2 Å². The molecule has 0 aliphatic heterocycles. The van der Waals surface area contributed by atoms with E-state index in [9.17, 15) is 0 Å². The molecule has 0 fully saturated rings. The average Bonchev–Trinajstić information content (AvgIpc) is 2.30. The van der Waals surface area contributed by atoms with Crippen molar-refractivity contribution in [1.82, 2.24) is 5.32 Å². The van der Waals surface area contributed by atoms with Crippen LogP contribution in [0.2, 0.25) is 0 Å². The fraction of sp³-hybridized carbons (Fsp3) is 0.667. The summed E-state index contributed by atoms with van der Waals surface area (Å²) in [5.41, 5.74) is 4.71. The molecule has 0 bridgehead atoms. The standard InChI is InChI=1S/C18H31N/c1-7-19-17(10-11-18(4,5)6)13-16-12-14(2)8-9-15(16)3/h8-9,12,17,19H,7,10-11,13H2,1-6H3. The molecular formula is C18H31N. The monoisotopic (exact) mass is 261 g/mol. The zero-order chi connectivity index (χ0) is 14.5. The van der Waals surface area contributed by atoms with Crippen LogP contribution in [0, 0.1) is 19.3 Å². The summed E-state index contributed by atoms with van der Waals surface area (Å²) in [7, 11) is 0. The highest BCUT2D eigenvalue weighted by Gasteiger charge is 2.15. The molecule has 108 valence electrons. The van der Waals surface area contributed by atoms with Crippen molar-refractivity contribution in [3.05, 3.63) is 34.9 Å². The molecule has 1 aromatic rings. The van der Waals surface area contributed by atoms with Gasteiger partial charge in [-0.2, -0.15) is 0 Å². The topological polar surface area (TPSA) is 12.0 Å². The van der Waals surface area contributed by atoms with Crippen molar-refractivity contribution >= 4 is 0 Å². The number of rotatable bonds is 6. The third-order valence-corrected chi connectivity index (χ3v) is 3.71. The van der Waals surface area contributed by atoms with Gasteiger partial charge in [-0.25, -0.2) is 0 Å². The first-order chi connectivity index (χ1) is 8.81. The maximum atomic E-state index is 3.65. The third-order valence-electron chi connectivity index (χ3n) is 3.71. The van der Waals surface area contributed by atoms with Crippen molar-refractivity contribution in [2.24, 2.45) is 5.41 Å². The van der Waals surface area contributed by atoms with Gasteiger partial charge in [-0.1, -0.05) is 51.5 Å². The number of nitrogens with one attached hydrogen (secondary N) is 1. The summed E-state index contributed by atoms with van der Waals surface area (Å²) >= 11 is 0. The Morgan fingerprint density at radius 1 is 1.16 bits per heavy atom. The second-order valence-corrected chi connectivity index (χ2v) is 6.99. The summed E-state index contributed by atoms with van der Waals surface area (Å²) in [6.45, 7) is 14.6. The van der Waals surface area contributed by atoms with Gasteiger partial charge in [-0.05, 0) is 56.2 Å². The van der Waals surface area contributed by atoms with E-state index in [1.165, 1.54) is 29.5 Å². The van der Waals surface area contributed by atoms with E-state index in [0.29, 0.717) is 11.5 Å². The van der Waals surface area contributed by atoms with Gasteiger partial charge in [0, 0.05) is 6.04 Å². The van der Waals surface area contributed by atoms with Crippen molar-refractivity contribution in [3.63, 3.8) is 0 Å². The highest BCUT2D eigenvalue weighted by molar-refractivity contribution is 5.31. The molecule has 0 radical (unpaired) electrons. The second kappa shape index (κ2) is 7.09. The fourth-order valence-electron chi connectivity index (χ4n) is 2.46. The van der Waals surface area contributed by atoms with Gasteiger partial charge in [-0.3, -0.25) is 0 Å². The molecule has 1 heteroatoms.